The largest absolute Gasteiger partial charge is 0.388 e. The van der Waals surface area contributed by atoms with Crippen LogP contribution in [0.3, 0.4) is 0 Å². The molecule has 0 aromatic carbocycles. The topological polar surface area (TPSA) is 28.2 Å². The summed E-state index contributed by atoms with van der Waals surface area (Å²) in [5.41, 5.74) is 2.29. The van der Waals surface area contributed by atoms with Crippen molar-refractivity contribution in [2.75, 3.05) is 31.2 Å². The van der Waals surface area contributed by atoms with E-state index in [1.807, 2.05) is 19.3 Å². The van der Waals surface area contributed by atoms with E-state index in [1.165, 1.54) is 12.3 Å². The van der Waals surface area contributed by atoms with Crippen LogP contribution in [0, 0.1) is 0 Å². The lowest BCUT2D eigenvalue weighted by Crippen LogP contribution is -2.42. The van der Waals surface area contributed by atoms with Crippen LogP contribution < -0.4 is 5.32 Å². The first-order valence-corrected chi connectivity index (χ1v) is 7.07. The van der Waals surface area contributed by atoms with Crippen molar-refractivity contribution in [1.82, 2.24) is 9.88 Å². The summed E-state index contributed by atoms with van der Waals surface area (Å²) in [4.78, 5) is 6.94. The highest BCUT2D eigenvalue weighted by Crippen LogP contribution is 2.30. The van der Waals surface area contributed by atoms with E-state index in [-0.39, 0.29) is 0 Å². The van der Waals surface area contributed by atoms with Crippen molar-refractivity contribution in [3.63, 3.8) is 0 Å². The van der Waals surface area contributed by atoms with Gasteiger partial charge in [-0.25, -0.2) is 0 Å². The quantitative estimate of drug-likeness (QED) is 0.893. The maximum Gasteiger partial charge on any atom is 0.0564 e. The molecule has 4 heteroatoms. The molecular formula is C13H21N3S. The van der Waals surface area contributed by atoms with Gasteiger partial charge in [0, 0.05) is 49.1 Å². The van der Waals surface area contributed by atoms with Gasteiger partial charge in [0.05, 0.1) is 5.69 Å². The van der Waals surface area contributed by atoms with Gasteiger partial charge in [0.15, 0.2) is 0 Å². The second-order valence-electron chi connectivity index (χ2n) is 5.10. The number of hydrogen-bond donors (Lipinski definition) is 1. The predicted octanol–water partition coefficient (Wildman–Crippen LogP) is 2.45. The number of hydrogen-bond acceptors (Lipinski definition) is 4. The van der Waals surface area contributed by atoms with Gasteiger partial charge in [0.25, 0.3) is 0 Å². The summed E-state index contributed by atoms with van der Waals surface area (Å²) >= 11 is 2.07. The molecule has 0 atom stereocenters. The molecule has 2 heterocycles. The molecule has 0 saturated carbocycles. The third-order valence-corrected chi connectivity index (χ3v) is 4.29. The highest BCUT2D eigenvalue weighted by atomic mass is 32.2. The molecule has 94 valence electrons. The summed E-state index contributed by atoms with van der Waals surface area (Å²) < 4.78 is 0.374. The zero-order valence-electron chi connectivity index (χ0n) is 10.9. The Morgan fingerprint density at radius 3 is 3.06 bits per heavy atom. The first-order chi connectivity index (χ1) is 8.09. The van der Waals surface area contributed by atoms with Gasteiger partial charge in [-0.2, -0.15) is 11.8 Å². The summed E-state index contributed by atoms with van der Waals surface area (Å²) in [5, 5.41) is 3.16. The SMILES string of the molecule is CNc1ccnc(CN2CCSC(C)(C)C2)c1. The summed E-state index contributed by atoms with van der Waals surface area (Å²) in [7, 11) is 1.94. The molecule has 0 aliphatic carbocycles. The minimum Gasteiger partial charge on any atom is -0.388 e. The predicted molar refractivity (Wildman–Crippen MR) is 75.6 cm³/mol. The molecule has 0 unspecified atom stereocenters. The lowest BCUT2D eigenvalue weighted by atomic mass is 10.1. The molecule has 0 spiro atoms. The third kappa shape index (κ3) is 3.61. The average Bonchev–Trinajstić information content (AvgIpc) is 2.28. The zero-order chi connectivity index (χ0) is 12.3. The molecule has 1 aromatic heterocycles. The van der Waals surface area contributed by atoms with Crippen LogP contribution in [0.1, 0.15) is 19.5 Å². The van der Waals surface area contributed by atoms with Gasteiger partial charge in [0.1, 0.15) is 0 Å². The van der Waals surface area contributed by atoms with Gasteiger partial charge in [-0.1, -0.05) is 0 Å². The van der Waals surface area contributed by atoms with E-state index in [4.69, 9.17) is 0 Å². The van der Waals surface area contributed by atoms with Gasteiger partial charge in [-0.05, 0) is 26.0 Å². The number of nitrogens with one attached hydrogen (secondary N) is 1. The molecule has 1 aliphatic rings. The van der Waals surface area contributed by atoms with Gasteiger partial charge in [0.2, 0.25) is 0 Å². The van der Waals surface area contributed by atoms with Crippen molar-refractivity contribution >= 4 is 17.4 Å². The van der Waals surface area contributed by atoms with Crippen LogP contribution in [0.25, 0.3) is 0 Å². The Bertz CT molecular complexity index is 379. The molecule has 1 aromatic rings. The summed E-state index contributed by atoms with van der Waals surface area (Å²) in [6.07, 6.45) is 1.88. The second kappa shape index (κ2) is 5.27. The Labute approximate surface area is 108 Å². The van der Waals surface area contributed by atoms with Crippen molar-refractivity contribution in [2.24, 2.45) is 0 Å². The summed E-state index contributed by atoms with van der Waals surface area (Å²) in [6, 6.07) is 4.13. The van der Waals surface area contributed by atoms with E-state index in [0.29, 0.717) is 4.75 Å². The monoisotopic (exact) mass is 251 g/mol. The van der Waals surface area contributed by atoms with E-state index < -0.39 is 0 Å². The highest BCUT2D eigenvalue weighted by Gasteiger charge is 2.26. The van der Waals surface area contributed by atoms with Crippen LogP contribution in [0.4, 0.5) is 5.69 Å². The Hall–Kier alpha value is -0.740. The second-order valence-corrected chi connectivity index (χ2v) is 6.91. The van der Waals surface area contributed by atoms with Crippen molar-refractivity contribution < 1.29 is 0 Å². The molecule has 2 rings (SSSR count). The molecule has 0 amide bonds. The minimum absolute atomic E-state index is 0.374. The van der Waals surface area contributed by atoms with Gasteiger partial charge >= 0.3 is 0 Å². The maximum absolute atomic E-state index is 4.44. The molecule has 0 radical (unpaired) electrons. The summed E-state index contributed by atoms with van der Waals surface area (Å²) in [5.74, 6) is 1.22. The number of thioether (sulfide) groups is 1. The number of aromatic nitrogens is 1. The molecule has 1 saturated heterocycles. The van der Waals surface area contributed by atoms with Gasteiger partial charge < -0.3 is 5.32 Å². The van der Waals surface area contributed by atoms with E-state index in [2.05, 4.69) is 46.9 Å². The molecule has 3 nitrogen and oxygen atoms in total. The molecular weight excluding hydrogens is 230 g/mol. The van der Waals surface area contributed by atoms with Crippen LogP contribution in [0.2, 0.25) is 0 Å². The summed E-state index contributed by atoms with van der Waals surface area (Å²) in [6.45, 7) is 7.91. The lowest BCUT2D eigenvalue weighted by Gasteiger charge is -2.37. The number of rotatable bonds is 3. The number of anilines is 1. The van der Waals surface area contributed by atoms with Crippen LogP contribution in [0.5, 0.6) is 0 Å². The standard InChI is InChI=1S/C13H21N3S/c1-13(2)10-16(6-7-17-13)9-12-8-11(14-3)4-5-15-12/h4-5,8H,6-7,9-10H2,1-3H3,(H,14,15). The van der Waals surface area contributed by atoms with E-state index >= 15 is 0 Å². The third-order valence-electron chi connectivity index (χ3n) is 3.00. The fourth-order valence-corrected chi connectivity index (χ4v) is 3.37. The first-order valence-electron chi connectivity index (χ1n) is 6.08. The van der Waals surface area contributed by atoms with Gasteiger partial charge in [-0.3, -0.25) is 9.88 Å². The average molecular weight is 251 g/mol. The fraction of sp³-hybridized carbons (Fsp3) is 0.615. The molecule has 1 fully saturated rings. The lowest BCUT2D eigenvalue weighted by molar-refractivity contribution is 0.250. The molecule has 0 bridgehead atoms. The molecule has 1 aliphatic heterocycles. The molecule has 17 heavy (non-hydrogen) atoms. The first kappa shape index (κ1) is 12.7. The van der Waals surface area contributed by atoms with Crippen molar-refractivity contribution in [2.45, 2.75) is 25.1 Å². The van der Waals surface area contributed by atoms with Crippen LogP contribution in [-0.4, -0.2) is 40.5 Å². The maximum atomic E-state index is 4.44. The van der Waals surface area contributed by atoms with E-state index in [9.17, 15) is 0 Å². The van der Waals surface area contributed by atoms with Crippen LogP contribution >= 0.6 is 11.8 Å². The van der Waals surface area contributed by atoms with Crippen molar-refractivity contribution in [3.05, 3.63) is 24.0 Å². The molecule has 1 N–H and O–H groups in total. The normalized spacial score (nSPS) is 20.2. The van der Waals surface area contributed by atoms with Gasteiger partial charge in [-0.15, -0.1) is 0 Å². The van der Waals surface area contributed by atoms with Crippen molar-refractivity contribution in [3.8, 4) is 0 Å². The van der Waals surface area contributed by atoms with Crippen LogP contribution in [-0.2, 0) is 6.54 Å². The smallest absolute Gasteiger partial charge is 0.0564 e. The Morgan fingerprint density at radius 2 is 2.35 bits per heavy atom. The van der Waals surface area contributed by atoms with Crippen molar-refractivity contribution in [1.29, 1.82) is 0 Å². The Morgan fingerprint density at radius 1 is 1.53 bits per heavy atom. The fourth-order valence-electron chi connectivity index (χ4n) is 2.20. The zero-order valence-corrected chi connectivity index (χ0v) is 11.7. The number of pyridine rings is 1. The van der Waals surface area contributed by atoms with E-state index in [0.717, 1.165) is 24.5 Å². The number of nitrogens with zero attached hydrogens (tertiary/aromatic N) is 2. The highest BCUT2D eigenvalue weighted by molar-refractivity contribution is 8.00. The Balaban J connectivity index is 2.00. The van der Waals surface area contributed by atoms with E-state index in [1.54, 1.807) is 0 Å². The Kier molecular flexibility index (Phi) is 3.94. The van der Waals surface area contributed by atoms with Crippen LogP contribution in [0.15, 0.2) is 18.3 Å². The minimum atomic E-state index is 0.374.